The Balaban J connectivity index is 2.41. The lowest BCUT2D eigenvalue weighted by atomic mass is 10.2. The monoisotopic (exact) mass is 251 g/mol. The summed E-state index contributed by atoms with van der Waals surface area (Å²) >= 11 is 1.48. The number of nitrogens with zero attached hydrogens (tertiary/aromatic N) is 1. The smallest absolute Gasteiger partial charge is 0.237 e. The van der Waals surface area contributed by atoms with Gasteiger partial charge in [0.05, 0.1) is 11.4 Å². The summed E-state index contributed by atoms with van der Waals surface area (Å²) in [7, 11) is 1.80. The Morgan fingerprint density at radius 3 is 3.00 bits per heavy atom. The van der Waals surface area contributed by atoms with E-state index in [4.69, 9.17) is 5.73 Å². The molecule has 3 N–H and O–H groups in total. The number of carbonyl (C=O) groups excluding carboxylic acids is 2. The maximum atomic E-state index is 11.8. The van der Waals surface area contributed by atoms with Crippen LogP contribution in [0.2, 0.25) is 0 Å². The van der Waals surface area contributed by atoms with Crippen molar-refractivity contribution in [3.63, 3.8) is 0 Å². The van der Waals surface area contributed by atoms with Crippen molar-refractivity contribution in [3.05, 3.63) is 18.2 Å². The van der Waals surface area contributed by atoms with Crippen LogP contribution < -0.4 is 16.0 Å². The second kappa shape index (κ2) is 4.67. The van der Waals surface area contributed by atoms with Gasteiger partial charge in [-0.05, 0) is 18.2 Å². The van der Waals surface area contributed by atoms with Crippen molar-refractivity contribution >= 4 is 35.0 Å². The van der Waals surface area contributed by atoms with Crippen LogP contribution in [0.5, 0.6) is 0 Å². The summed E-state index contributed by atoms with van der Waals surface area (Å²) in [6.45, 7) is -0.0699. The molecule has 0 spiro atoms. The summed E-state index contributed by atoms with van der Waals surface area (Å²) in [6.07, 6.45) is 0. The van der Waals surface area contributed by atoms with Crippen LogP contribution in [-0.4, -0.2) is 31.2 Å². The summed E-state index contributed by atoms with van der Waals surface area (Å²) in [5, 5.41) is 3.00. The van der Waals surface area contributed by atoms with Gasteiger partial charge in [-0.3, -0.25) is 9.59 Å². The maximum Gasteiger partial charge on any atom is 0.237 e. The molecule has 90 valence electrons. The van der Waals surface area contributed by atoms with Crippen LogP contribution >= 0.6 is 11.8 Å². The number of rotatable bonds is 3. The van der Waals surface area contributed by atoms with Gasteiger partial charge in [-0.1, -0.05) is 0 Å². The first-order valence-electron chi connectivity index (χ1n) is 5.15. The molecule has 2 amide bonds. The van der Waals surface area contributed by atoms with Crippen LogP contribution in [-0.2, 0) is 9.59 Å². The summed E-state index contributed by atoms with van der Waals surface area (Å²) in [6, 6.07) is 5.72. The van der Waals surface area contributed by atoms with Crippen LogP contribution in [0.4, 0.5) is 11.4 Å². The molecule has 0 aliphatic carbocycles. The molecule has 1 aliphatic rings. The number of fused-ring (bicyclic) bond motifs is 1. The van der Waals surface area contributed by atoms with Gasteiger partial charge in [0.1, 0.15) is 6.54 Å². The van der Waals surface area contributed by atoms with E-state index in [1.807, 2.05) is 18.2 Å². The molecule has 1 aromatic carbocycles. The first-order valence-corrected chi connectivity index (χ1v) is 6.13. The third-order valence-corrected chi connectivity index (χ3v) is 3.55. The SMILES string of the molecule is CNc1ccc2c(c1)N(CC(N)=O)C(=O)CS2. The van der Waals surface area contributed by atoms with E-state index in [0.29, 0.717) is 5.75 Å². The Morgan fingerprint density at radius 2 is 2.35 bits per heavy atom. The molecule has 0 aromatic heterocycles. The fourth-order valence-corrected chi connectivity index (χ4v) is 2.60. The molecule has 0 saturated heterocycles. The molecule has 1 aliphatic heterocycles. The van der Waals surface area contributed by atoms with Crippen molar-refractivity contribution in [1.29, 1.82) is 0 Å². The van der Waals surface area contributed by atoms with Crippen molar-refractivity contribution in [2.45, 2.75) is 4.90 Å². The Hall–Kier alpha value is -1.69. The van der Waals surface area contributed by atoms with Crippen LogP contribution in [0.25, 0.3) is 0 Å². The molecule has 5 nitrogen and oxygen atoms in total. The van der Waals surface area contributed by atoms with Gasteiger partial charge in [-0.2, -0.15) is 0 Å². The fraction of sp³-hybridized carbons (Fsp3) is 0.273. The molecule has 0 unspecified atom stereocenters. The van der Waals surface area contributed by atoms with Gasteiger partial charge >= 0.3 is 0 Å². The number of nitrogens with one attached hydrogen (secondary N) is 1. The largest absolute Gasteiger partial charge is 0.388 e. The van der Waals surface area contributed by atoms with Crippen LogP contribution in [0.1, 0.15) is 0 Å². The quantitative estimate of drug-likeness (QED) is 0.827. The highest BCUT2D eigenvalue weighted by Gasteiger charge is 2.25. The Labute approximate surface area is 103 Å². The number of carbonyl (C=O) groups is 2. The van der Waals surface area contributed by atoms with Gasteiger partial charge in [0.15, 0.2) is 0 Å². The average Bonchev–Trinajstić information content (AvgIpc) is 2.32. The molecule has 2 rings (SSSR count). The van der Waals surface area contributed by atoms with Gasteiger partial charge in [0.25, 0.3) is 0 Å². The minimum atomic E-state index is -0.508. The summed E-state index contributed by atoms with van der Waals surface area (Å²) < 4.78 is 0. The number of benzene rings is 1. The van der Waals surface area contributed by atoms with E-state index in [1.54, 1.807) is 7.05 Å². The Morgan fingerprint density at radius 1 is 1.59 bits per heavy atom. The number of hydrogen-bond donors (Lipinski definition) is 2. The number of thioether (sulfide) groups is 1. The predicted molar refractivity (Wildman–Crippen MR) is 68.3 cm³/mol. The zero-order chi connectivity index (χ0) is 12.4. The van der Waals surface area contributed by atoms with Crippen molar-refractivity contribution in [2.24, 2.45) is 5.73 Å². The Kier molecular flexibility index (Phi) is 3.23. The van der Waals surface area contributed by atoms with Gasteiger partial charge in [0.2, 0.25) is 11.8 Å². The number of nitrogens with two attached hydrogens (primary N) is 1. The normalized spacial score (nSPS) is 14.4. The predicted octanol–water partition coefficient (Wildman–Crippen LogP) is 0.652. The van der Waals surface area contributed by atoms with Crippen LogP contribution in [0.3, 0.4) is 0 Å². The van der Waals surface area contributed by atoms with Crippen molar-refractivity contribution in [3.8, 4) is 0 Å². The van der Waals surface area contributed by atoms with E-state index < -0.39 is 5.91 Å². The minimum absolute atomic E-state index is 0.0699. The molecule has 0 atom stereocenters. The van der Waals surface area contributed by atoms with Gasteiger partial charge < -0.3 is 16.0 Å². The molecule has 1 aromatic rings. The highest BCUT2D eigenvalue weighted by atomic mass is 32.2. The lowest BCUT2D eigenvalue weighted by molar-refractivity contribution is -0.121. The standard InChI is InChI=1S/C11H13N3O2S/c1-13-7-2-3-9-8(4-7)14(5-10(12)15)11(16)6-17-9/h2-4,13H,5-6H2,1H3,(H2,12,15). The van der Waals surface area contributed by atoms with E-state index >= 15 is 0 Å². The third-order valence-electron chi connectivity index (χ3n) is 2.50. The molecule has 0 bridgehead atoms. The zero-order valence-corrected chi connectivity index (χ0v) is 10.2. The highest BCUT2D eigenvalue weighted by molar-refractivity contribution is 8.00. The average molecular weight is 251 g/mol. The van der Waals surface area contributed by atoms with E-state index in [1.165, 1.54) is 16.7 Å². The molecule has 0 saturated carbocycles. The molecule has 0 radical (unpaired) electrons. The molecule has 1 heterocycles. The van der Waals surface area contributed by atoms with E-state index in [9.17, 15) is 9.59 Å². The number of hydrogen-bond acceptors (Lipinski definition) is 4. The second-order valence-corrected chi connectivity index (χ2v) is 4.68. The number of anilines is 2. The summed E-state index contributed by atoms with van der Waals surface area (Å²) in [5.41, 5.74) is 6.80. The second-order valence-electron chi connectivity index (χ2n) is 3.67. The van der Waals surface area contributed by atoms with Gasteiger partial charge in [0, 0.05) is 17.6 Å². The van der Waals surface area contributed by atoms with Crippen molar-refractivity contribution < 1.29 is 9.59 Å². The molecule has 17 heavy (non-hydrogen) atoms. The maximum absolute atomic E-state index is 11.8. The molecule has 6 heteroatoms. The van der Waals surface area contributed by atoms with Crippen molar-refractivity contribution in [2.75, 3.05) is 29.6 Å². The van der Waals surface area contributed by atoms with E-state index in [0.717, 1.165) is 16.3 Å². The minimum Gasteiger partial charge on any atom is -0.388 e. The van der Waals surface area contributed by atoms with Crippen LogP contribution in [0, 0.1) is 0 Å². The Bertz CT molecular complexity index is 476. The first-order chi connectivity index (χ1) is 8.11. The lowest BCUT2D eigenvalue weighted by Gasteiger charge is -2.28. The first kappa shape index (κ1) is 11.8. The summed E-state index contributed by atoms with van der Waals surface area (Å²) in [5.74, 6) is -0.250. The molecular weight excluding hydrogens is 238 g/mol. The molecule has 0 fully saturated rings. The topological polar surface area (TPSA) is 75.4 Å². The van der Waals surface area contributed by atoms with Crippen LogP contribution in [0.15, 0.2) is 23.1 Å². The lowest BCUT2D eigenvalue weighted by Crippen LogP contribution is -2.41. The molecular formula is C11H13N3O2S. The number of amides is 2. The number of primary amides is 1. The highest BCUT2D eigenvalue weighted by Crippen LogP contribution is 2.36. The fourth-order valence-electron chi connectivity index (χ4n) is 1.69. The zero-order valence-electron chi connectivity index (χ0n) is 9.40. The van der Waals surface area contributed by atoms with Gasteiger partial charge in [-0.25, -0.2) is 0 Å². The van der Waals surface area contributed by atoms with Gasteiger partial charge in [-0.15, -0.1) is 11.8 Å². The summed E-state index contributed by atoms with van der Waals surface area (Å²) in [4.78, 5) is 25.2. The van der Waals surface area contributed by atoms with E-state index in [2.05, 4.69) is 5.32 Å². The van der Waals surface area contributed by atoms with E-state index in [-0.39, 0.29) is 12.5 Å². The third kappa shape index (κ3) is 2.36. The van der Waals surface area contributed by atoms with Crippen molar-refractivity contribution in [1.82, 2.24) is 0 Å².